The number of Topliss-reactive ketones (excluding diaryl/α,β-unsaturated/α-hetero) is 2. The Balaban J connectivity index is 0.908. The molecular formula is C42H34O2S3. The Labute approximate surface area is 290 Å². The number of hydrogen-bond acceptors (Lipinski definition) is 5. The highest BCUT2D eigenvalue weighted by atomic mass is 32.2. The van der Waals surface area contributed by atoms with E-state index in [1.165, 1.54) is 9.79 Å². The van der Waals surface area contributed by atoms with Crippen molar-refractivity contribution < 1.29 is 9.59 Å². The van der Waals surface area contributed by atoms with Crippen LogP contribution in [0.2, 0.25) is 0 Å². The summed E-state index contributed by atoms with van der Waals surface area (Å²) < 4.78 is 0. The van der Waals surface area contributed by atoms with Gasteiger partial charge in [0, 0.05) is 55.1 Å². The molecule has 2 nitrogen and oxygen atoms in total. The lowest BCUT2D eigenvalue weighted by Gasteiger charge is -2.07. The SMILES string of the molecule is O=C(CCSc1ccc(Sc2ccc(SCCC(=O)c3ccc(-c4ccccc4)cc3)cc2)cc1)c1ccc(-c2ccccc2)cc1. The van der Waals surface area contributed by atoms with Crippen LogP contribution in [0.25, 0.3) is 22.3 Å². The predicted octanol–water partition coefficient (Wildman–Crippen LogP) is 11.9. The molecular weight excluding hydrogens is 633 g/mol. The van der Waals surface area contributed by atoms with Crippen LogP contribution in [0.3, 0.4) is 0 Å². The monoisotopic (exact) mass is 666 g/mol. The van der Waals surface area contributed by atoms with E-state index in [9.17, 15) is 9.59 Å². The van der Waals surface area contributed by atoms with E-state index < -0.39 is 0 Å². The van der Waals surface area contributed by atoms with E-state index in [-0.39, 0.29) is 11.6 Å². The molecule has 6 rings (SSSR count). The molecule has 0 saturated heterocycles. The van der Waals surface area contributed by atoms with Gasteiger partial charge in [-0.15, -0.1) is 23.5 Å². The Morgan fingerprint density at radius 3 is 1.04 bits per heavy atom. The quantitative estimate of drug-likeness (QED) is 0.0854. The summed E-state index contributed by atoms with van der Waals surface area (Å²) in [5.74, 6) is 1.84. The van der Waals surface area contributed by atoms with Crippen LogP contribution < -0.4 is 0 Å². The molecule has 0 spiro atoms. The molecule has 0 radical (unpaired) electrons. The first-order valence-corrected chi connectivity index (χ1v) is 18.4. The first-order chi connectivity index (χ1) is 23.1. The summed E-state index contributed by atoms with van der Waals surface area (Å²) in [5.41, 5.74) is 6.08. The molecule has 0 amide bonds. The van der Waals surface area contributed by atoms with Gasteiger partial charge in [0.05, 0.1) is 0 Å². The van der Waals surface area contributed by atoms with Crippen molar-refractivity contribution >= 4 is 46.9 Å². The molecule has 0 aliphatic heterocycles. The van der Waals surface area contributed by atoms with Crippen LogP contribution in [-0.4, -0.2) is 23.1 Å². The van der Waals surface area contributed by atoms with E-state index in [1.807, 2.05) is 84.9 Å². The molecule has 47 heavy (non-hydrogen) atoms. The molecule has 6 aromatic carbocycles. The lowest BCUT2D eigenvalue weighted by molar-refractivity contribution is 0.0981. The molecule has 0 aliphatic rings. The van der Waals surface area contributed by atoms with Gasteiger partial charge in [0.2, 0.25) is 0 Å². The third kappa shape index (κ3) is 9.39. The smallest absolute Gasteiger partial charge is 0.163 e. The minimum Gasteiger partial charge on any atom is -0.294 e. The summed E-state index contributed by atoms with van der Waals surface area (Å²) in [6, 6.07) is 53.3. The average Bonchev–Trinajstić information content (AvgIpc) is 3.14. The van der Waals surface area contributed by atoms with Crippen LogP contribution in [-0.2, 0) is 0 Å². The van der Waals surface area contributed by atoms with Crippen LogP contribution >= 0.6 is 35.3 Å². The third-order valence-corrected chi connectivity index (χ3v) is 10.8. The van der Waals surface area contributed by atoms with Crippen molar-refractivity contribution in [2.75, 3.05) is 11.5 Å². The summed E-state index contributed by atoms with van der Waals surface area (Å²) >= 11 is 5.15. The van der Waals surface area contributed by atoms with Gasteiger partial charge in [-0.05, 0) is 70.8 Å². The van der Waals surface area contributed by atoms with Crippen molar-refractivity contribution in [3.63, 3.8) is 0 Å². The first kappa shape index (κ1) is 32.6. The van der Waals surface area contributed by atoms with Crippen LogP contribution in [0.4, 0.5) is 0 Å². The van der Waals surface area contributed by atoms with Gasteiger partial charge >= 0.3 is 0 Å². The van der Waals surface area contributed by atoms with E-state index >= 15 is 0 Å². The van der Waals surface area contributed by atoms with Gasteiger partial charge in [0.15, 0.2) is 11.6 Å². The van der Waals surface area contributed by atoms with Crippen LogP contribution in [0.1, 0.15) is 33.6 Å². The fourth-order valence-corrected chi connectivity index (χ4v) is 7.63. The van der Waals surface area contributed by atoms with Crippen molar-refractivity contribution in [3.8, 4) is 22.3 Å². The van der Waals surface area contributed by atoms with Crippen molar-refractivity contribution in [2.24, 2.45) is 0 Å². The average molecular weight is 667 g/mol. The fourth-order valence-electron chi connectivity index (χ4n) is 5.11. The molecule has 0 aliphatic carbocycles. The number of hydrogen-bond donors (Lipinski definition) is 0. The van der Waals surface area contributed by atoms with E-state index in [0.29, 0.717) is 12.8 Å². The highest BCUT2D eigenvalue weighted by molar-refractivity contribution is 8.00. The van der Waals surface area contributed by atoms with Crippen molar-refractivity contribution in [2.45, 2.75) is 32.4 Å². The minimum absolute atomic E-state index is 0.173. The topological polar surface area (TPSA) is 34.1 Å². The molecule has 0 fully saturated rings. The predicted molar refractivity (Wildman–Crippen MR) is 200 cm³/mol. The number of rotatable bonds is 14. The van der Waals surface area contributed by atoms with Crippen molar-refractivity contribution in [3.05, 3.63) is 169 Å². The zero-order valence-electron chi connectivity index (χ0n) is 25.9. The molecule has 0 atom stereocenters. The van der Waals surface area contributed by atoms with Gasteiger partial charge < -0.3 is 0 Å². The maximum absolute atomic E-state index is 12.7. The zero-order chi connectivity index (χ0) is 32.3. The summed E-state index contributed by atoms with van der Waals surface area (Å²) in [5, 5.41) is 0. The number of carbonyl (C=O) groups is 2. The highest BCUT2D eigenvalue weighted by Crippen LogP contribution is 2.32. The normalized spacial score (nSPS) is 10.9. The van der Waals surface area contributed by atoms with Crippen LogP contribution in [0, 0.1) is 0 Å². The van der Waals surface area contributed by atoms with Gasteiger partial charge in [-0.3, -0.25) is 9.59 Å². The third-order valence-electron chi connectivity index (χ3n) is 7.71. The molecule has 0 N–H and O–H groups in total. The molecule has 232 valence electrons. The standard InChI is InChI=1S/C42H34O2S3/c43-41(35-15-11-33(12-16-35)31-7-3-1-4-8-31)27-29-45-37-19-23-39(24-20-37)47-40-25-21-38(22-26-40)46-30-28-42(44)36-17-13-34(14-18-36)32-9-5-2-6-10-32/h1-26H,27-30H2. The Kier molecular flexibility index (Phi) is 11.5. The van der Waals surface area contributed by atoms with E-state index in [0.717, 1.165) is 54.7 Å². The van der Waals surface area contributed by atoms with Gasteiger partial charge in [-0.1, -0.05) is 121 Å². The lowest BCUT2D eigenvalue weighted by Crippen LogP contribution is -2.00. The van der Waals surface area contributed by atoms with Crippen molar-refractivity contribution in [1.29, 1.82) is 0 Å². The van der Waals surface area contributed by atoms with Gasteiger partial charge in [0.1, 0.15) is 0 Å². The first-order valence-electron chi connectivity index (χ1n) is 15.6. The second kappa shape index (κ2) is 16.5. The number of thioether (sulfide) groups is 2. The molecule has 0 aromatic heterocycles. The van der Waals surface area contributed by atoms with Gasteiger partial charge in [-0.25, -0.2) is 0 Å². The second-order valence-electron chi connectivity index (χ2n) is 11.0. The Bertz CT molecular complexity index is 1740. The summed E-state index contributed by atoms with van der Waals surface area (Å²) in [4.78, 5) is 30.1. The molecule has 6 aromatic rings. The molecule has 0 heterocycles. The van der Waals surface area contributed by atoms with Gasteiger partial charge in [-0.2, -0.15) is 0 Å². The van der Waals surface area contributed by atoms with E-state index in [4.69, 9.17) is 0 Å². The Morgan fingerprint density at radius 2 is 0.681 bits per heavy atom. The summed E-state index contributed by atoms with van der Waals surface area (Å²) in [6.45, 7) is 0. The van der Waals surface area contributed by atoms with Crippen LogP contribution in [0.15, 0.2) is 177 Å². The summed E-state index contributed by atoms with van der Waals surface area (Å²) in [6.07, 6.45) is 1.01. The zero-order valence-corrected chi connectivity index (χ0v) is 28.3. The largest absolute Gasteiger partial charge is 0.294 e. The molecule has 5 heteroatoms. The molecule has 0 bridgehead atoms. The molecule has 0 saturated carbocycles. The molecule has 0 unspecified atom stereocenters. The highest BCUT2D eigenvalue weighted by Gasteiger charge is 2.09. The van der Waals surface area contributed by atoms with E-state index in [1.54, 1.807) is 35.3 Å². The van der Waals surface area contributed by atoms with Crippen LogP contribution in [0.5, 0.6) is 0 Å². The number of ketones is 2. The Morgan fingerprint density at radius 1 is 0.362 bits per heavy atom. The van der Waals surface area contributed by atoms with Gasteiger partial charge in [0.25, 0.3) is 0 Å². The van der Waals surface area contributed by atoms with Crippen molar-refractivity contribution in [1.82, 2.24) is 0 Å². The second-order valence-corrected chi connectivity index (χ2v) is 14.5. The minimum atomic E-state index is 0.173. The van der Waals surface area contributed by atoms with E-state index in [2.05, 4.69) is 72.8 Å². The number of benzene rings is 6. The maximum Gasteiger partial charge on any atom is 0.163 e. The maximum atomic E-state index is 12.7. The lowest BCUT2D eigenvalue weighted by atomic mass is 10.0. The number of carbonyl (C=O) groups excluding carboxylic acids is 2. The summed E-state index contributed by atoms with van der Waals surface area (Å²) in [7, 11) is 0. The Hall–Kier alpha value is -4.29. The fraction of sp³-hybridized carbons (Fsp3) is 0.0952.